The Morgan fingerprint density at radius 2 is 2.57 bits per heavy atom. The number of halogens is 1. The molecular formula is C3H6FNO2. The third-order valence-corrected chi connectivity index (χ3v) is 0.297. The first-order valence-electron chi connectivity index (χ1n) is 1.86. The van der Waals surface area contributed by atoms with Crippen LogP contribution in [0.25, 0.3) is 0 Å². The summed E-state index contributed by atoms with van der Waals surface area (Å²) < 4.78 is 11.0. The van der Waals surface area contributed by atoms with E-state index in [1.807, 2.05) is 5.48 Å². The van der Waals surface area contributed by atoms with Crippen LogP contribution in [0.3, 0.4) is 0 Å². The van der Waals surface area contributed by atoms with Crippen LogP contribution < -0.4 is 5.48 Å². The summed E-state index contributed by atoms with van der Waals surface area (Å²) in [6, 6.07) is 0. The van der Waals surface area contributed by atoms with Crippen LogP contribution in [-0.4, -0.2) is 12.8 Å². The molecule has 0 amide bonds. The Labute approximate surface area is 40.4 Å². The van der Waals surface area contributed by atoms with Crippen LogP contribution in [0.15, 0.2) is 0 Å². The SMILES string of the molecule is CCNOC(=O)F. The summed E-state index contributed by atoms with van der Waals surface area (Å²) in [7, 11) is 0. The molecule has 0 saturated heterocycles. The fourth-order valence-corrected chi connectivity index (χ4v) is 0.129. The van der Waals surface area contributed by atoms with Crippen LogP contribution in [0.2, 0.25) is 0 Å². The summed E-state index contributed by atoms with van der Waals surface area (Å²) in [5.41, 5.74) is 2.02. The molecule has 0 rings (SSSR count). The van der Waals surface area contributed by atoms with Gasteiger partial charge in [0.25, 0.3) is 0 Å². The quantitative estimate of drug-likeness (QED) is 0.415. The largest absolute Gasteiger partial charge is 0.514 e. The van der Waals surface area contributed by atoms with Gasteiger partial charge in [0.2, 0.25) is 0 Å². The van der Waals surface area contributed by atoms with Crippen molar-refractivity contribution in [3.05, 3.63) is 0 Å². The third kappa shape index (κ3) is 5.36. The molecule has 0 spiro atoms. The van der Waals surface area contributed by atoms with Crippen molar-refractivity contribution in [3.8, 4) is 0 Å². The van der Waals surface area contributed by atoms with E-state index in [9.17, 15) is 9.18 Å². The molecule has 0 aromatic rings. The van der Waals surface area contributed by atoms with Crippen molar-refractivity contribution >= 4 is 6.22 Å². The molecule has 0 aromatic carbocycles. The predicted molar refractivity (Wildman–Crippen MR) is 21.3 cm³/mol. The summed E-state index contributed by atoms with van der Waals surface area (Å²) in [5.74, 6) is 0. The van der Waals surface area contributed by atoms with Crippen molar-refractivity contribution in [2.75, 3.05) is 6.54 Å². The second-order valence-electron chi connectivity index (χ2n) is 0.838. The van der Waals surface area contributed by atoms with E-state index in [1.165, 1.54) is 0 Å². The van der Waals surface area contributed by atoms with Gasteiger partial charge in [-0.1, -0.05) is 0 Å². The van der Waals surface area contributed by atoms with E-state index in [4.69, 9.17) is 0 Å². The highest BCUT2D eigenvalue weighted by Gasteiger charge is 1.91. The normalized spacial score (nSPS) is 8.29. The maximum atomic E-state index is 11.0. The first-order chi connectivity index (χ1) is 3.27. The van der Waals surface area contributed by atoms with E-state index < -0.39 is 6.22 Å². The van der Waals surface area contributed by atoms with Crippen molar-refractivity contribution in [1.82, 2.24) is 5.48 Å². The Kier molecular flexibility index (Phi) is 3.22. The number of rotatable bonds is 2. The molecule has 0 aliphatic carbocycles. The van der Waals surface area contributed by atoms with Gasteiger partial charge < -0.3 is 4.84 Å². The van der Waals surface area contributed by atoms with Crippen LogP contribution in [0.5, 0.6) is 0 Å². The molecule has 7 heavy (non-hydrogen) atoms. The highest BCUT2D eigenvalue weighted by Crippen LogP contribution is 1.73. The molecule has 1 N–H and O–H groups in total. The molecule has 0 aromatic heterocycles. The topological polar surface area (TPSA) is 38.3 Å². The van der Waals surface area contributed by atoms with Gasteiger partial charge in [-0.3, -0.25) is 0 Å². The number of hydroxylamine groups is 1. The molecule has 3 nitrogen and oxygen atoms in total. The lowest BCUT2D eigenvalue weighted by Gasteiger charge is -1.92. The fourth-order valence-electron chi connectivity index (χ4n) is 0.129. The summed E-state index contributed by atoms with van der Waals surface area (Å²) in [5, 5.41) is 0. The van der Waals surface area contributed by atoms with E-state index in [-0.39, 0.29) is 0 Å². The maximum Gasteiger partial charge on any atom is 0.514 e. The molecule has 0 saturated carbocycles. The Bertz CT molecular complexity index is 66.0. The van der Waals surface area contributed by atoms with Crippen molar-refractivity contribution in [2.45, 2.75) is 6.92 Å². The number of carbonyl (C=O) groups excluding carboxylic acids is 1. The Balaban J connectivity index is 2.82. The summed E-state index contributed by atoms with van der Waals surface area (Å²) in [6.07, 6.45) is -1.80. The molecule has 0 atom stereocenters. The minimum absolute atomic E-state index is 0.412. The molecule has 42 valence electrons. The van der Waals surface area contributed by atoms with Gasteiger partial charge in [-0.05, 0) is 6.92 Å². The number of hydrogen-bond donors (Lipinski definition) is 1. The minimum Gasteiger partial charge on any atom is -0.344 e. The van der Waals surface area contributed by atoms with Crippen molar-refractivity contribution in [1.29, 1.82) is 0 Å². The summed E-state index contributed by atoms with van der Waals surface area (Å²) in [4.78, 5) is 12.9. The van der Waals surface area contributed by atoms with Crippen molar-refractivity contribution in [3.63, 3.8) is 0 Å². The standard InChI is InChI=1S/C3H6FNO2/c1-2-5-7-3(4)6/h5H,2H2,1H3. The molecule has 0 aliphatic heterocycles. The van der Waals surface area contributed by atoms with Gasteiger partial charge in [0.1, 0.15) is 0 Å². The molecule has 0 radical (unpaired) electrons. The van der Waals surface area contributed by atoms with Gasteiger partial charge in [-0.25, -0.2) is 4.79 Å². The van der Waals surface area contributed by atoms with Gasteiger partial charge >= 0.3 is 6.22 Å². The Morgan fingerprint density at radius 1 is 2.00 bits per heavy atom. The van der Waals surface area contributed by atoms with E-state index in [2.05, 4.69) is 4.84 Å². The first-order valence-corrected chi connectivity index (χ1v) is 1.86. The van der Waals surface area contributed by atoms with Gasteiger partial charge in [-0.2, -0.15) is 5.48 Å². The van der Waals surface area contributed by atoms with Gasteiger partial charge in [0.15, 0.2) is 0 Å². The molecule has 0 unspecified atom stereocenters. The van der Waals surface area contributed by atoms with E-state index >= 15 is 0 Å². The third-order valence-electron chi connectivity index (χ3n) is 0.297. The molecule has 0 heterocycles. The highest BCUT2D eigenvalue weighted by molar-refractivity contribution is 5.57. The zero-order valence-corrected chi connectivity index (χ0v) is 3.90. The molecule has 4 heteroatoms. The second-order valence-corrected chi connectivity index (χ2v) is 0.838. The van der Waals surface area contributed by atoms with E-state index in [0.29, 0.717) is 6.54 Å². The van der Waals surface area contributed by atoms with Crippen LogP contribution in [0.4, 0.5) is 9.18 Å². The molecule has 0 bridgehead atoms. The molecular weight excluding hydrogens is 101 g/mol. The van der Waals surface area contributed by atoms with Crippen LogP contribution in [-0.2, 0) is 4.84 Å². The lowest BCUT2D eigenvalue weighted by molar-refractivity contribution is 0.0704. The average Bonchev–Trinajstić information content (AvgIpc) is 1.61. The molecule has 0 aliphatic rings. The van der Waals surface area contributed by atoms with E-state index in [1.54, 1.807) is 6.92 Å². The summed E-state index contributed by atoms with van der Waals surface area (Å²) >= 11 is 0. The number of nitrogens with one attached hydrogen (secondary N) is 1. The smallest absolute Gasteiger partial charge is 0.344 e. The van der Waals surface area contributed by atoms with Gasteiger partial charge in [0, 0.05) is 6.54 Å². The maximum absolute atomic E-state index is 11.0. The highest BCUT2D eigenvalue weighted by atomic mass is 19.1. The number of carbonyl (C=O) groups is 1. The van der Waals surface area contributed by atoms with Crippen molar-refractivity contribution in [2.24, 2.45) is 0 Å². The average molecular weight is 107 g/mol. The lowest BCUT2D eigenvalue weighted by atomic mass is 10.8. The van der Waals surface area contributed by atoms with Crippen molar-refractivity contribution < 1.29 is 14.0 Å². The van der Waals surface area contributed by atoms with Gasteiger partial charge in [0.05, 0.1) is 0 Å². The van der Waals surface area contributed by atoms with Gasteiger partial charge in [-0.15, -0.1) is 4.39 Å². The zero-order chi connectivity index (χ0) is 5.70. The molecule has 0 fully saturated rings. The number of hydrogen-bond acceptors (Lipinski definition) is 3. The zero-order valence-electron chi connectivity index (χ0n) is 3.90. The second kappa shape index (κ2) is 3.55. The lowest BCUT2D eigenvalue weighted by Crippen LogP contribution is -2.14. The Morgan fingerprint density at radius 3 is 2.71 bits per heavy atom. The van der Waals surface area contributed by atoms with Crippen LogP contribution >= 0.6 is 0 Å². The van der Waals surface area contributed by atoms with Crippen LogP contribution in [0, 0.1) is 0 Å². The first kappa shape index (κ1) is 6.36. The monoisotopic (exact) mass is 107 g/mol. The van der Waals surface area contributed by atoms with Crippen LogP contribution in [0.1, 0.15) is 6.92 Å². The van der Waals surface area contributed by atoms with E-state index in [0.717, 1.165) is 0 Å². The Hall–Kier alpha value is -0.640. The summed E-state index contributed by atoms with van der Waals surface area (Å²) in [6.45, 7) is 2.10. The predicted octanol–water partition coefficient (Wildman–Crippen LogP) is 0.617. The fraction of sp³-hybridized carbons (Fsp3) is 0.667. The minimum atomic E-state index is -1.80.